The summed E-state index contributed by atoms with van der Waals surface area (Å²) in [4.78, 5) is 12.6. The third-order valence-electron chi connectivity index (χ3n) is 4.77. The van der Waals surface area contributed by atoms with Crippen molar-refractivity contribution >= 4 is 29.9 Å². The Morgan fingerprint density at radius 3 is 2.93 bits per heavy atom. The Morgan fingerprint density at radius 2 is 2.21 bits per heavy atom. The molecule has 0 radical (unpaired) electrons. The summed E-state index contributed by atoms with van der Waals surface area (Å²) in [5.74, 6) is 1.08. The van der Waals surface area contributed by atoms with Crippen LogP contribution < -0.4 is 10.6 Å². The molecule has 1 unspecified atom stereocenters. The highest BCUT2D eigenvalue weighted by atomic mass is 35.5. The molecule has 4 rings (SSSR count). The van der Waals surface area contributed by atoms with Crippen LogP contribution in [0.2, 0.25) is 5.02 Å². The molecular formula is C20H22Cl2N4O2. The fraction of sp³-hybridized carbons (Fsp3) is 0.300. The number of rotatable bonds is 6. The van der Waals surface area contributed by atoms with Crippen molar-refractivity contribution in [3.63, 3.8) is 0 Å². The van der Waals surface area contributed by atoms with E-state index in [1.165, 1.54) is 6.42 Å². The maximum Gasteiger partial charge on any atom is 0.271 e. The number of carbonyl (C=O) groups is 1. The van der Waals surface area contributed by atoms with Crippen LogP contribution in [0, 0.1) is 5.92 Å². The quantitative estimate of drug-likeness (QED) is 0.633. The molecule has 1 atom stereocenters. The molecule has 1 aliphatic heterocycles. The van der Waals surface area contributed by atoms with Crippen LogP contribution in [0.3, 0.4) is 0 Å². The fourth-order valence-corrected chi connectivity index (χ4v) is 3.52. The highest BCUT2D eigenvalue weighted by Gasteiger charge is 2.19. The van der Waals surface area contributed by atoms with Crippen LogP contribution in [-0.4, -0.2) is 35.3 Å². The first-order chi connectivity index (χ1) is 13.2. The van der Waals surface area contributed by atoms with E-state index in [2.05, 4.69) is 15.7 Å². The number of hydrogen-bond donors (Lipinski definition) is 2. The first-order valence-electron chi connectivity index (χ1n) is 9.09. The molecular weight excluding hydrogens is 399 g/mol. The Labute approximate surface area is 174 Å². The van der Waals surface area contributed by atoms with Gasteiger partial charge in [-0.25, -0.2) is 4.68 Å². The number of halogens is 2. The first-order valence-corrected chi connectivity index (χ1v) is 9.47. The van der Waals surface area contributed by atoms with Crippen LogP contribution in [0.5, 0.6) is 0 Å². The number of amides is 1. The molecule has 1 fully saturated rings. The molecule has 2 N–H and O–H groups in total. The predicted octanol–water partition coefficient (Wildman–Crippen LogP) is 3.94. The summed E-state index contributed by atoms with van der Waals surface area (Å²) < 4.78 is 7.20. The van der Waals surface area contributed by atoms with Crippen molar-refractivity contribution in [3.8, 4) is 17.1 Å². The first kappa shape index (κ1) is 20.5. The standard InChI is InChI=1S/C20H21ClN4O2.ClH/c21-15-3-1-4-16(11-15)25-18(19-5-2-10-27-19)12-17(24-25)20(26)23-9-7-14-6-8-22-13-14;/h1-5,10-12,14,22H,6-9,13H2,(H,23,26);1H. The zero-order valence-corrected chi connectivity index (χ0v) is 16.8. The number of hydrogen-bond acceptors (Lipinski definition) is 4. The highest BCUT2D eigenvalue weighted by molar-refractivity contribution is 6.30. The maximum atomic E-state index is 12.6. The van der Waals surface area contributed by atoms with Gasteiger partial charge in [-0.3, -0.25) is 4.79 Å². The predicted molar refractivity (Wildman–Crippen MR) is 111 cm³/mol. The number of carbonyl (C=O) groups excluding carboxylic acids is 1. The van der Waals surface area contributed by atoms with Gasteiger partial charge in [0.2, 0.25) is 0 Å². The number of nitrogens with one attached hydrogen (secondary N) is 2. The summed E-state index contributed by atoms with van der Waals surface area (Å²) in [6, 6.07) is 12.7. The van der Waals surface area contributed by atoms with Gasteiger partial charge in [0.15, 0.2) is 11.5 Å². The van der Waals surface area contributed by atoms with E-state index < -0.39 is 0 Å². The zero-order valence-electron chi connectivity index (χ0n) is 15.2. The molecule has 0 spiro atoms. The van der Waals surface area contributed by atoms with E-state index in [0.717, 1.165) is 25.2 Å². The second-order valence-electron chi connectivity index (χ2n) is 6.69. The number of benzene rings is 1. The molecule has 148 valence electrons. The molecule has 1 aliphatic rings. The van der Waals surface area contributed by atoms with E-state index in [9.17, 15) is 4.79 Å². The van der Waals surface area contributed by atoms with E-state index in [1.54, 1.807) is 35.2 Å². The van der Waals surface area contributed by atoms with Gasteiger partial charge in [-0.2, -0.15) is 5.10 Å². The minimum atomic E-state index is -0.186. The maximum absolute atomic E-state index is 12.6. The lowest BCUT2D eigenvalue weighted by molar-refractivity contribution is 0.0946. The smallest absolute Gasteiger partial charge is 0.271 e. The van der Waals surface area contributed by atoms with Gasteiger partial charge in [-0.05, 0) is 62.2 Å². The summed E-state index contributed by atoms with van der Waals surface area (Å²) in [5.41, 5.74) is 1.82. The Morgan fingerprint density at radius 1 is 1.32 bits per heavy atom. The number of furan rings is 1. The van der Waals surface area contributed by atoms with E-state index in [0.29, 0.717) is 34.6 Å². The molecule has 1 saturated heterocycles. The Bertz CT molecular complexity index is 918. The fourth-order valence-electron chi connectivity index (χ4n) is 3.34. The second-order valence-corrected chi connectivity index (χ2v) is 7.12. The minimum absolute atomic E-state index is 0. The lowest BCUT2D eigenvalue weighted by atomic mass is 10.1. The largest absolute Gasteiger partial charge is 0.463 e. The van der Waals surface area contributed by atoms with Crippen molar-refractivity contribution in [2.45, 2.75) is 12.8 Å². The van der Waals surface area contributed by atoms with E-state index in [1.807, 2.05) is 18.2 Å². The van der Waals surface area contributed by atoms with Gasteiger partial charge in [-0.15, -0.1) is 12.4 Å². The summed E-state index contributed by atoms with van der Waals surface area (Å²) in [7, 11) is 0. The second kappa shape index (κ2) is 9.28. The van der Waals surface area contributed by atoms with E-state index in [-0.39, 0.29) is 18.3 Å². The van der Waals surface area contributed by atoms with Crippen LogP contribution in [0.4, 0.5) is 0 Å². The van der Waals surface area contributed by atoms with E-state index in [4.69, 9.17) is 16.0 Å². The average molecular weight is 421 g/mol. The Balaban J connectivity index is 0.00000225. The summed E-state index contributed by atoms with van der Waals surface area (Å²) in [5, 5.41) is 11.4. The Hall–Kier alpha value is -2.28. The molecule has 3 aromatic rings. The van der Waals surface area contributed by atoms with Gasteiger partial charge in [-0.1, -0.05) is 17.7 Å². The van der Waals surface area contributed by atoms with E-state index >= 15 is 0 Å². The van der Waals surface area contributed by atoms with Gasteiger partial charge >= 0.3 is 0 Å². The van der Waals surface area contributed by atoms with Crippen molar-refractivity contribution in [2.75, 3.05) is 19.6 Å². The van der Waals surface area contributed by atoms with Crippen molar-refractivity contribution < 1.29 is 9.21 Å². The highest BCUT2D eigenvalue weighted by Crippen LogP contribution is 2.25. The zero-order chi connectivity index (χ0) is 18.6. The van der Waals surface area contributed by atoms with Crippen LogP contribution in [0.1, 0.15) is 23.3 Å². The van der Waals surface area contributed by atoms with Gasteiger partial charge in [0.1, 0.15) is 5.69 Å². The molecule has 0 bridgehead atoms. The van der Waals surface area contributed by atoms with Gasteiger partial charge in [0.05, 0.1) is 12.0 Å². The SMILES string of the molecule is Cl.O=C(NCCC1CCNC1)c1cc(-c2ccco2)n(-c2cccc(Cl)c2)n1. The minimum Gasteiger partial charge on any atom is -0.463 e. The molecule has 6 nitrogen and oxygen atoms in total. The molecule has 0 aliphatic carbocycles. The van der Waals surface area contributed by atoms with Crippen LogP contribution in [0.25, 0.3) is 17.1 Å². The number of aromatic nitrogens is 2. The van der Waals surface area contributed by atoms with Crippen LogP contribution >= 0.6 is 24.0 Å². The third kappa shape index (κ3) is 4.58. The Kier molecular flexibility index (Phi) is 6.78. The van der Waals surface area contributed by atoms with Crippen molar-refractivity contribution in [1.29, 1.82) is 0 Å². The number of nitrogens with zero attached hydrogens (tertiary/aromatic N) is 2. The van der Waals surface area contributed by atoms with Crippen LogP contribution in [0.15, 0.2) is 53.1 Å². The van der Waals surface area contributed by atoms with Crippen molar-refractivity contribution in [3.05, 3.63) is 59.4 Å². The molecule has 2 aromatic heterocycles. The molecule has 28 heavy (non-hydrogen) atoms. The molecule has 8 heteroatoms. The summed E-state index contributed by atoms with van der Waals surface area (Å²) in [6.07, 6.45) is 3.74. The molecule has 1 amide bonds. The molecule has 1 aromatic carbocycles. The monoisotopic (exact) mass is 420 g/mol. The van der Waals surface area contributed by atoms with Gasteiger partial charge in [0, 0.05) is 17.6 Å². The average Bonchev–Trinajstić information content (AvgIpc) is 3.42. The van der Waals surface area contributed by atoms with Crippen molar-refractivity contribution in [1.82, 2.24) is 20.4 Å². The summed E-state index contributed by atoms with van der Waals surface area (Å²) >= 11 is 6.12. The summed E-state index contributed by atoms with van der Waals surface area (Å²) in [6.45, 7) is 2.74. The molecule has 3 heterocycles. The van der Waals surface area contributed by atoms with Crippen LogP contribution in [-0.2, 0) is 0 Å². The lowest BCUT2D eigenvalue weighted by Gasteiger charge is -2.08. The van der Waals surface area contributed by atoms with Crippen molar-refractivity contribution in [2.24, 2.45) is 5.92 Å². The van der Waals surface area contributed by atoms with Gasteiger partial charge < -0.3 is 15.1 Å². The van der Waals surface area contributed by atoms with Gasteiger partial charge in [0.25, 0.3) is 5.91 Å². The molecule has 0 saturated carbocycles. The topological polar surface area (TPSA) is 72.1 Å². The normalized spacial score (nSPS) is 16.0. The lowest BCUT2D eigenvalue weighted by Crippen LogP contribution is -2.26. The third-order valence-corrected chi connectivity index (χ3v) is 5.00.